The quantitative estimate of drug-likeness (QED) is 0.820. The van der Waals surface area contributed by atoms with Gasteiger partial charge < -0.3 is 15.0 Å². The monoisotopic (exact) mass is 408 g/mol. The van der Waals surface area contributed by atoms with Crippen LogP contribution in [-0.2, 0) is 24.8 Å². The molecule has 0 fully saturated rings. The minimum Gasteiger partial charge on any atom is -0.444 e. The molecule has 1 aliphatic heterocycles. The summed E-state index contributed by atoms with van der Waals surface area (Å²) in [5, 5.41) is 7.11. The Kier molecular flexibility index (Phi) is 5.34. The molecule has 0 unspecified atom stereocenters. The summed E-state index contributed by atoms with van der Waals surface area (Å²) >= 11 is 5.98. The number of hydrogen-bond donors (Lipinski definition) is 1. The molecule has 0 spiro atoms. The number of nitrogens with one attached hydrogen (secondary N) is 1. The van der Waals surface area contributed by atoms with Crippen molar-refractivity contribution in [2.24, 2.45) is 7.05 Å². The van der Waals surface area contributed by atoms with Crippen LogP contribution >= 0.6 is 11.6 Å². The minimum absolute atomic E-state index is 0.0175. The first-order chi connectivity index (χ1) is 13.1. The fourth-order valence-electron chi connectivity index (χ4n) is 3.02. The molecule has 9 heteroatoms. The van der Waals surface area contributed by atoms with Crippen molar-refractivity contribution in [1.29, 1.82) is 0 Å². The van der Waals surface area contributed by atoms with Crippen LogP contribution in [0.4, 0.5) is 15.0 Å². The molecule has 0 radical (unpaired) electrons. The zero-order valence-electron chi connectivity index (χ0n) is 16.2. The lowest BCUT2D eigenvalue weighted by atomic mass is 10.1. The van der Waals surface area contributed by atoms with E-state index in [2.05, 4.69) is 10.4 Å². The van der Waals surface area contributed by atoms with Crippen LogP contribution in [0.25, 0.3) is 0 Å². The van der Waals surface area contributed by atoms with E-state index >= 15 is 0 Å². The van der Waals surface area contributed by atoms with E-state index in [1.807, 2.05) is 0 Å². The number of fused-ring (bicyclic) bond motifs is 1. The van der Waals surface area contributed by atoms with Gasteiger partial charge in [0.25, 0.3) is 5.91 Å². The van der Waals surface area contributed by atoms with Gasteiger partial charge in [0.15, 0.2) is 0 Å². The molecule has 1 aromatic heterocycles. The second kappa shape index (κ2) is 7.43. The third-order valence-corrected chi connectivity index (χ3v) is 4.58. The molecule has 3 rings (SSSR count). The molecule has 0 saturated carbocycles. The summed E-state index contributed by atoms with van der Waals surface area (Å²) in [6.07, 6.45) is 0.0927. The van der Waals surface area contributed by atoms with E-state index in [0.29, 0.717) is 24.3 Å². The van der Waals surface area contributed by atoms with E-state index in [9.17, 15) is 14.0 Å². The Bertz CT molecular complexity index is 916. The Morgan fingerprint density at radius 3 is 2.68 bits per heavy atom. The van der Waals surface area contributed by atoms with Gasteiger partial charge in [0.2, 0.25) is 0 Å². The number of amides is 2. The summed E-state index contributed by atoms with van der Waals surface area (Å²) in [5.74, 6) is -0.993. The molecular formula is C19H22ClFN4O3. The Balaban J connectivity index is 1.85. The third-order valence-electron chi connectivity index (χ3n) is 4.27. The number of carbonyl (C=O) groups is 2. The van der Waals surface area contributed by atoms with E-state index < -0.39 is 23.4 Å². The zero-order chi connectivity index (χ0) is 20.6. The maximum absolute atomic E-state index is 14.1. The van der Waals surface area contributed by atoms with Gasteiger partial charge >= 0.3 is 6.09 Å². The highest BCUT2D eigenvalue weighted by Gasteiger charge is 2.30. The van der Waals surface area contributed by atoms with Gasteiger partial charge in [-0.15, -0.1) is 0 Å². The van der Waals surface area contributed by atoms with E-state index in [-0.39, 0.29) is 17.1 Å². The number of halogens is 2. The van der Waals surface area contributed by atoms with Crippen molar-refractivity contribution >= 4 is 29.4 Å². The molecule has 0 atom stereocenters. The van der Waals surface area contributed by atoms with Gasteiger partial charge in [0.05, 0.1) is 22.8 Å². The van der Waals surface area contributed by atoms with Crippen LogP contribution in [-0.4, -0.2) is 38.8 Å². The van der Waals surface area contributed by atoms with Crippen molar-refractivity contribution in [3.63, 3.8) is 0 Å². The van der Waals surface area contributed by atoms with Gasteiger partial charge in [-0.25, -0.2) is 9.18 Å². The van der Waals surface area contributed by atoms with E-state index in [4.69, 9.17) is 16.3 Å². The lowest BCUT2D eigenvalue weighted by Crippen LogP contribution is -2.40. The molecule has 2 heterocycles. The van der Waals surface area contributed by atoms with Crippen LogP contribution in [0.3, 0.4) is 0 Å². The average molecular weight is 409 g/mol. The molecule has 1 N–H and O–H groups in total. The number of benzene rings is 1. The maximum Gasteiger partial charge on any atom is 0.410 e. The fourth-order valence-corrected chi connectivity index (χ4v) is 3.27. The summed E-state index contributed by atoms with van der Waals surface area (Å²) in [6.45, 7) is 6.10. The first kappa shape index (κ1) is 20.1. The van der Waals surface area contributed by atoms with Crippen LogP contribution in [0.15, 0.2) is 18.2 Å². The molecule has 150 valence electrons. The number of ether oxygens (including phenoxy) is 1. The lowest BCUT2D eigenvalue weighted by Gasteiger charge is -2.29. The highest BCUT2D eigenvalue weighted by atomic mass is 35.5. The third kappa shape index (κ3) is 4.11. The van der Waals surface area contributed by atoms with Gasteiger partial charge in [-0.3, -0.25) is 9.48 Å². The maximum atomic E-state index is 14.1. The number of anilines is 1. The average Bonchev–Trinajstić information content (AvgIpc) is 2.88. The van der Waals surface area contributed by atoms with E-state index in [0.717, 1.165) is 5.69 Å². The number of nitrogens with zero attached hydrogens (tertiary/aromatic N) is 3. The molecule has 0 aliphatic carbocycles. The number of rotatable bonds is 2. The smallest absolute Gasteiger partial charge is 0.410 e. The summed E-state index contributed by atoms with van der Waals surface area (Å²) in [7, 11) is 1.68. The molecule has 28 heavy (non-hydrogen) atoms. The molecule has 2 amide bonds. The molecule has 7 nitrogen and oxygen atoms in total. The van der Waals surface area contributed by atoms with Crippen molar-refractivity contribution in [1.82, 2.24) is 14.7 Å². The number of aromatic nitrogens is 2. The van der Waals surface area contributed by atoms with Gasteiger partial charge in [0, 0.05) is 25.6 Å². The molecule has 2 aromatic rings. The predicted molar refractivity (Wildman–Crippen MR) is 103 cm³/mol. The summed E-state index contributed by atoms with van der Waals surface area (Å²) < 4.78 is 21.0. The van der Waals surface area contributed by atoms with Gasteiger partial charge in [-0.2, -0.15) is 5.10 Å². The van der Waals surface area contributed by atoms with Gasteiger partial charge in [-0.1, -0.05) is 17.7 Å². The largest absolute Gasteiger partial charge is 0.444 e. The predicted octanol–water partition coefficient (Wildman–Crippen LogP) is 3.76. The fraction of sp³-hybridized carbons (Fsp3) is 0.421. The normalized spacial score (nSPS) is 13.9. The number of hydrogen-bond acceptors (Lipinski definition) is 4. The highest BCUT2D eigenvalue weighted by molar-refractivity contribution is 6.34. The first-order valence-electron chi connectivity index (χ1n) is 8.85. The van der Waals surface area contributed by atoms with Crippen LogP contribution in [0.2, 0.25) is 5.02 Å². The van der Waals surface area contributed by atoms with Crippen LogP contribution in [0.1, 0.15) is 42.4 Å². The molecule has 1 aromatic carbocycles. The van der Waals surface area contributed by atoms with Crippen molar-refractivity contribution in [3.8, 4) is 0 Å². The topological polar surface area (TPSA) is 76.5 Å². The van der Waals surface area contributed by atoms with Crippen molar-refractivity contribution in [2.45, 2.75) is 39.3 Å². The number of aryl methyl sites for hydroxylation is 1. The van der Waals surface area contributed by atoms with E-state index in [1.165, 1.54) is 22.9 Å². The van der Waals surface area contributed by atoms with Crippen LogP contribution < -0.4 is 5.32 Å². The second-order valence-corrected chi connectivity index (χ2v) is 8.01. The van der Waals surface area contributed by atoms with Crippen LogP contribution in [0.5, 0.6) is 0 Å². The van der Waals surface area contributed by atoms with Gasteiger partial charge in [-0.05, 0) is 32.9 Å². The number of carbonyl (C=O) groups excluding carboxylic acids is 2. The Morgan fingerprint density at radius 2 is 2.04 bits per heavy atom. The highest BCUT2D eigenvalue weighted by Crippen LogP contribution is 2.28. The molecule has 0 saturated heterocycles. The van der Waals surface area contributed by atoms with Crippen molar-refractivity contribution in [3.05, 3.63) is 45.9 Å². The molecular weight excluding hydrogens is 387 g/mol. The first-order valence-corrected chi connectivity index (χ1v) is 9.22. The molecule has 0 bridgehead atoms. The van der Waals surface area contributed by atoms with Gasteiger partial charge in [0.1, 0.15) is 17.2 Å². The summed E-state index contributed by atoms with van der Waals surface area (Å²) in [6, 6.07) is 4.05. The zero-order valence-corrected chi connectivity index (χ0v) is 16.9. The SMILES string of the molecule is Cn1nc2c(c1NC(=O)c1c(F)cccc1Cl)CN(C(=O)OC(C)(C)C)CC2. The Morgan fingerprint density at radius 1 is 1.32 bits per heavy atom. The standard InChI is InChI=1S/C19H22ClFN4O3/c1-19(2,3)28-18(27)25-9-8-14-11(10-25)16(24(4)23-14)22-17(26)15-12(20)6-5-7-13(15)21/h5-7H,8-10H2,1-4H3,(H,22,26). The van der Waals surface area contributed by atoms with Crippen LogP contribution in [0, 0.1) is 5.82 Å². The Hall–Kier alpha value is -2.61. The van der Waals surface area contributed by atoms with Crippen molar-refractivity contribution < 1.29 is 18.7 Å². The lowest BCUT2D eigenvalue weighted by molar-refractivity contribution is 0.0224. The minimum atomic E-state index is -0.712. The molecule has 1 aliphatic rings. The van der Waals surface area contributed by atoms with E-state index in [1.54, 1.807) is 32.7 Å². The second-order valence-electron chi connectivity index (χ2n) is 7.60. The summed E-state index contributed by atoms with van der Waals surface area (Å²) in [4.78, 5) is 26.6. The summed E-state index contributed by atoms with van der Waals surface area (Å²) in [5.41, 5.74) is 0.627. The van der Waals surface area contributed by atoms with Crippen molar-refractivity contribution in [2.75, 3.05) is 11.9 Å². The Labute approximate surface area is 167 Å².